The first-order chi connectivity index (χ1) is 14.0. The number of pyridine rings is 1. The average Bonchev–Trinajstić information content (AvgIpc) is 3.18. The van der Waals surface area contributed by atoms with Crippen molar-refractivity contribution in [2.75, 3.05) is 0 Å². The number of carbonyl (C=O) groups is 1. The normalized spacial score (nSPS) is 10.7. The van der Waals surface area contributed by atoms with Crippen molar-refractivity contribution in [3.63, 3.8) is 0 Å². The molecule has 8 nitrogen and oxygen atoms in total. The quantitative estimate of drug-likeness (QED) is 0.613. The zero-order valence-corrected chi connectivity index (χ0v) is 16.1. The summed E-state index contributed by atoms with van der Waals surface area (Å²) in [5, 5.41) is 22.1. The second-order valence-corrected chi connectivity index (χ2v) is 6.70. The fraction of sp³-hybridized carbons (Fsp3) is 0.286. The summed E-state index contributed by atoms with van der Waals surface area (Å²) in [6.45, 7) is 3.79. The fourth-order valence-corrected chi connectivity index (χ4v) is 2.74. The van der Waals surface area contributed by atoms with Gasteiger partial charge in [-0.1, -0.05) is 5.16 Å². The molecule has 0 atom stereocenters. The third-order valence-corrected chi connectivity index (χ3v) is 4.03. The summed E-state index contributed by atoms with van der Waals surface area (Å²) in [6.07, 6.45) is 2.74. The van der Waals surface area contributed by atoms with Crippen LogP contribution in [0.1, 0.15) is 37.9 Å². The molecular weight excluding hydrogens is 372 g/mol. The number of carboxylic acids is 1. The van der Waals surface area contributed by atoms with Gasteiger partial charge in [-0.3, -0.25) is 9.78 Å². The van der Waals surface area contributed by atoms with Crippen LogP contribution in [0.4, 0.5) is 0 Å². The van der Waals surface area contributed by atoms with Gasteiger partial charge in [-0.2, -0.15) is 10.2 Å². The lowest BCUT2D eigenvalue weighted by Crippen LogP contribution is -2.06. The molecule has 1 N–H and O–H groups in total. The standard InChI is InChI=1S/C21H20N4O4/c1-13(2)28-18-7-6-15(10-16(18)12-22)21-24-20(25-29-21)14-8-9-23-17(11-14)4-3-5-19(26)27/h6-11,13H,3-5H2,1-2H3,(H,26,27). The van der Waals surface area contributed by atoms with Gasteiger partial charge < -0.3 is 14.4 Å². The van der Waals surface area contributed by atoms with Crippen LogP contribution in [0.2, 0.25) is 0 Å². The summed E-state index contributed by atoms with van der Waals surface area (Å²) < 4.78 is 11.0. The van der Waals surface area contributed by atoms with Gasteiger partial charge in [-0.15, -0.1) is 0 Å². The Bertz CT molecular complexity index is 1050. The number of hydrogen-bond donors (Lipinski definition) is 1. The Morgan fingerprint density at radius 1 is 1.28 bits per heavy atom. The molecule has 2 heterocycles. The second-order valence-electron chi connectivity index (χ2n) is 6.70. The van der Waals surface area contributed by atoms with Crippen LogP contribution < -0.4 is 4.74 Å². The van der Waals surface area contributed by atoms with E-state index in [4.69, 9.17) is 14.4 Å². The highest BCUT2D eigenvalue weighted by Crippen LogP contribution is 2.28. The Morgan fingerprint density at radius 2 is 2.10 bits per heavy atom. The number of aryl methyl sites for hydroxylation is 1. The number of hydrogen-bond acceptors (Lipinski definition) is 7. The molecule has 0 aliphatic heterocycles. The molecule has 8 heteroatoms. The maximum atomic E-state index is 10.7. The number of ether oxygens (including phenoxy) is 1. The minimum atomic E-state index is -0.828. The Morgan fingerprint density at radius 3 is 2.83 bits per heavy atom. The topological polar surface area (TPSA) is 122 Å². The highest BCUT2D eigenvalue weighted by molar-refractivity contribution is 5.66. The van der Waals surface area contributed by atoms with E-state index in [0.29, 0.717) is 35.5 Å². The van der Waals surface area contributed by atoms with Gasteiger partial charge in [0.15, 0.2) is 0 Å². The first-order valence-electron chi connectivity index (χ1n) is 9.18. The molecule has 0 radical (unpaired) electrons. The predicted octanol–water partition coefficient (Wildman–Crippen LogP) is 3.86. The summed E-state index contributed by atoms with van der Waals surface area (Å²) >= 11 is 0. The highest BCUT2D eigenvalue weighted by atomic mass is 16.5. The molecule has 1 aromatic carbocycles. The molecule has 148 valence electrons. The van der Waals surface area contributed by atoms with Gasteiger partial charge >= 0.3 is 5.97 Å². The number of nitriles is 1. The zero-order chi connectivity index (χ0) is 20.8. The minimum absolute atomic E-state index is 0.0423. The monoisotopic (exact) mass is 392 g/mol. The second kappa shape index (κ2) is 8.97. The lowest BCUT2D eigenvalue weighted by molar-refractivity contribution is -0.137. The molecule has 3 rings (SSSR count). The van der Waals surface area contributed by atoms with Crippen LogP contribution in [-0.2, 0) is 11.2 Å². The van der Waals surface area contributed by atoms with Gasteiger partial charge in [-0.25, -0.2) is 0 Å². The molecule has 0 aliphatic carbocycles. The lowest BCUT2D eigenvalue weighted by atomic mass is 10.1. The predicted molar refractivity (Wildman–Crippen MR) is 104 cm³/mol. The van der Waals surface area contributed by atoms with E-state index in [2.05, 4.69) is 21.2 Å². The number of aliphatic carboxylic acids is 1. The largest absolute Gasteiger partial charge is 0.490 e. The maximum Gasteiger partial charge on any atom is 0.303 e. The lowest BCUT2D eigenvalue weighted by Gasteiger charge is -2.11. The van der Waals surface area contributed by atoms with E-state index in [1.54, 1.807) is 30.5 Å². The van der Waals surface area contributed by atoms with Crippen molar-refractivity contribution in [2.24, 2.45) is 0 Å². The van der Waals surface area contributed by atoms with Crippen molar-refractivity contribution in [1.29, 1.82) is 5.26 Å². The Kier molecular flexibility index (Phi) is 6.19. The molecule has 0 saturated carbocycles. The van der Waals surface area contributed by atoms with Crippen molar-refractivity contribution in [3.8, 4) is 34.7 Å². The van der Waals surface area contributed by atoms with Gasteiger partial charge in [-0.05, 0) is 57.0 Å². The van der Waals surface area contributed by atoms with E-state index in [1.807, 2.05) is 19.9 Å². The van der Waals surface area contributed by atoms with Crippen molar-refractivity contribution >= 4 is 5.97 Å². The van der Waals surface area contributed by atoms with Crippen molar-refractivity contribution in [2.45, 2.75) is 39.2 Å². The summed E-state index contributed by atoms with van der Waals surface area (Å²) in [6, 6.07) is 10.8. The molecule has 2 aromatic heterocycles. The SMILES string of the molecule is CC(C)Oc1ccc(-c2nc(-c3ccnc(CCCC(=O)O)c3)no2)cc1C#N. The van der Waals surface area contributed by atoms with Gasteiger partial charge in [0, 0.05) is 29.4 Å². The van der Waals surface area contributed by atoms with Crippen molar-refractivity contribution in [1.82, 2.24) is 15.1 Å². The van der Waals surface area contributed by atoms with Crippen LogP contribution in [0, 0.1) is 11.3 Å². The van der Waals surface area contributed by atoms with Crippen LogP contribution in [0.5, 0.6) is 5.75 Å². The number of carboxylic acid groups (broad SMARTS) is 1. The van der Waals surface area contributed by atoms with Gasteiger partial charge in [0.2, 0.25) is 5.82 Å². The third kappa shape index (κ3) is 5.17. The van der Waals surface area contributed by atoms with Crippen LogP contribution in [-0.4, -0.2) is 32.3 Å². The molecular formula is C21H20N4O4. The van der Waals surface area contributed by atoms with Crippen LogP contribution in [0.15, 0.2) is 41.1 Å². The highest BCUT2D eigenvalue weighted by Gasteiger charge is 2.14. The molecule has 3 aromatic rings. The van der Waals surface area contributed by atoms with Crippen LogP contribution in [0.25, 0.3) is 22.8 Å². The van der Waals surface area contributed by atoms with Crippen molar-refractivity contribution in [3.05, 3.63) is 47.8 Å². The Hall–Kier alpha value is -3.73. The minimum Gasteiger partial charge on any atom is -0.490 e. The summed E-state index contributed by atoms with van der Waals surface area (Å²) in [5.74, 6) is 0.358. The molecule has 0 saturated heterocycles. The molecule has 0 spiro atoms. The van der Waals surface area contributed by atoms with E-state index in [9.17, 15) is 10.1 Å². The smallest absolute Gasteiger partial charge is 0.303 e. The van der Waals surface area contributed by atoms with Gasteiger partial charge in [0.25, 0.3) is 5.89 Å². The van der Waals surface area contributed by atoms with E-state index in [-0.39, 0.29) is 18.4 Å². The van der Waals surface area contributed by atoms with Crippen molar-refractivity contribution < 1.29 is 19.2 Å². The molecule has 0 bridgehead atoms. The first kappa shape index (κ1) is 20.0. The fourth-order valence-electron chi connectivity index (χ4n) is 2.74. The number of aromatic nitrogens is 3. The molecule has 0 amide bonds. The molecule has 0 aliphatic rings. The van der Waals surface area contributed by atoms with Crippen LogP contribution >= 0.6 is 0 Å². The Balaban J connectivity index is 1.81. The van der Waals surface area contributed by atoms with E-state index >= 15 is 0 Å². The number of benzene rings is 1. The number of rotatable bonds is 8. The maximum absolute atomic E-state index is 10.7. The molecule has 0 unspecified atom stereocenters. The van der Waals surface area contributed by atoms with Gasteiger partial charge in [0.1, 0.15) is 11.8 Å². The van der Waals surface area contributed by atoms with Gasteiger partial charge in [0.05, 0.1) is 11.7 Å². The van der Waals surface area contributed by atoms with E-state index in [0.717, 1.165) is 11.3 Å². The molecule has 29 heavy (non-hydrogen) atoms. The van der Waals surface area contributed by atoms with E-state index in [1.165, 1.54) is 0 Å². The Labute approximate surface area is 167 Å². The molecule has 0 fully saturated rings. The van der Waals surface area contributed by atoms with E-state index < -0.39 is 5.97 Å². The zero-order valence-electron chi connectivity index (χ0n) is 16.1. The third-order valence-electron chi connectivity index (χ3n) is 4.03. The summed E-state index contributed by atoms with van der Waals surface area (Å²) in [4.78, 5) is 19.3. The van der Waals surface area contributed by atoms with Crippen LogP contribution in [0.3, 0.4) is 0 Å². The average molecular weight is 392 g/mol. The summed E-state index contributed by atoms with van der Waals surface area (Å²) in [7, 11) is 0. The first-order valence-corrected chi connectivity index (χ1v) is 9.18. The summed E-state index contributed by atoms with van der Waals surface area (Å²) in [5.41, 5.74) is 2.49. The number of nitrogens with zero attached hydrogens (tertiary/aromatic N) is 4.